The van der Waals surface area contributed by atoms with E-state index in [9.17, 15) is 27.6 Å². The second-order valence-electron chi connectivity index (χ2n) is 5.81. The Labute approximate surface area is 166 Å². The highest BCUT2D eigenvalue weighted by molar-refractivity contribution is 5.51. The van der Waals surface area contributed by atoms with Gasteiger partial charge in [0.05, 0.1) is 12.4 Å². The number of hydrogen-bond donors (Lipinski definition) is 0. The third kappa shape index (κ3) is 4.37. The summed E-state index contributed by atoms with van der Waals surface area (Å²) in [7, 11) is 0.901. The maximum Gasteiger partial charge on any atom is 0.431 e. The molecule has 0 aromatic carbocycles. The molecule has 0 aliphatic heterocycles. The lowest BCUT2D eigenvalue weighted by Crippen LogP contribution is -2.41. The van der Waals surface area contributed by atoms with E-state index in [4.69, 9.17) is 9.47 Å². The summed E-state index contributed by atoms with van der Waals surface area (Å²) < 4.78 is 50.3. The van der Waals surface area contributed by atoms with Crippen LogP contribution in [-0.4, -0.2) is 32.0 Å². The molecule has 0 saturated carbocycles. The first kappa shape index (κ1) is 20.8. The van der Waals surface area contributed by atoms with Crippen molar-refractivity contribution in [1.82, 2.24) is 19.1 Å². The number of alkyl halides is 3. The Morgan fingerprint density at radius 3 is 2.57 bits per heavy atom. The van der Waals surface area contributed by atoms with Crippen molar-refractivity contribution < 1.29 is 27.4 Å². The zero-order chi connectivity index (χ0) is 21.9. The van der Waals surface area contributed by atoms with E-state index in [-0.39, 0.29) is 29.8 Å². The van der Waals surface area contributed by atoms with Gasteiger partial charge in [-0.3, -0.25) is 19.1 Å². The highest BCUT2D eigenvalue weighted by atomic mass is 19.4. The molecule has 0 spiro atoms. The molecule has 3 rings (SSSR count). The molecule has 156 valence electrons. The minimum Gasteiger partial charge on any atom is -0.484 e. The molecule has 9 nitrogen and oxygen atoms in total. The van der Waals surface area contributed by atoms with E-state index in [1.165, 1.54) is 36.7 Å². The average Bonchev–Trinajstić information content (AvgIpc) is 2.69. The van der Waals surface area contributed by atoms with Crippen molar-refractivity contribution in [3.05, 3.63) is 69.3 Å². The lowest BCUT2D eigenvalue weighted by Gasteiger charge is -2.14. The molecule has 0 atom stereocenters. The first-order chi connectivity index (χ1) is 14.2. The topological polar surface area (TPSA) is 105 Å². The van der Waals surface area contributed by atoms with E-state index in [2.05, 4.69) is 9.97 Å². The average molecular weight is 422 g/mol. The summed E-state index contributed by atoms with van der Waals surface area (Å²) in [6.45, 7) is -0.182. The SMILES string of the molecule is Cn1c(C(F)(F)F)cc(=O)n(-c2cccc(Oc3cncc(OCC=O)c3)n2)c1=O. The van der Waals surface area contributed by atoms with Gasteiger partial charge in [0, 0.05) is 25.2 Å². The van der Waals surface area contributed by atoms with Crippen LogP contribution < -0.4 is 20.7 Å². The largest absolute Gasteiger partial charge is 0.484 e. The van der Waals surface area contributed by atoms with Gasteiger partial charge >= 0.3 is 11.9 Å². The van der Waals surface area contributed by atoms with Gasteiger partial charge in [0.2, 0.25) is 5.88 Å². The Morgan fingerprint density at radius 2 is 1.87 bits per heavy atom. The van der Waals surface area contributed by atoms with Crippen molar-refractivity contribution in [3.63, 3.8) is 0 Å². The number of hydrogen-bond acceptors (Lipinski definition) is 7. The van der Waals surface area contributed by atoms with Crippen LogP contribution in [0.15, 0.2) is 52.3 Å². The molecule has 0 aliphatic rings. The Morgan fingerprint density at radius 1 is 1.13 bits per heavy atom. The predicted molar refractivity (Wildman–Crippen MR) is 95.9 cm³/mol. The zero-order valence-electron chi connectivity index (χ0n) is 15.3. The van der Waals surface area contributed by atoms with Crippen molar-refractivity contribution in [2.75, 3.05) is 6.61 Å². The molecule has 0 N–H and O–H groups in total. The summed E-state index contributed by atoms with van der Waals surface area (Å²) >= 11 is 0. The molecule has 3 aromatic heterocycles. The summed E-state index contributed by atoms with van der Waals surface area (Å²) in [5, 5.41) is 0. The smallest absolute Gasteiger partial charge is 0.431 e. The first-order valence-electron chi connectivity index (χ1n) is 8.28. The number of aromatic nitrogens is 4. The van der Waals surface area contributed by atoms with E-state index in [0.717, 1.165) is 7.05 Å². The van der Waals surface area contributed by atoms with Crippen LogP contribution in [-0.2, 0) is 18.0 Å². The number of pyridine rings is 2. The zero-order valence-corrected chi connectivity index (χ0v) is 15.3. The van der Waals surface area contributed by atoms with E-state index < -0.39 is 23.1 Å². The fourth-order valence-corrected chi connectivity index (χ4v) is 2.48. The number of halogens is 3. The van der Waals surface area contributed by atoms with Crippen LogP contribution in [0.4, 0.5) is 13.2 Å². The van der Waals surface area contributed by atoms with Crippen molar-refractivity contribution in [2.24, 2.45) is 7.05 Å². The molecule has 0 amide bonds. The highest BCUT2D eigenvalue weighted by Crippen LogP contribution is 2.27. The van der Waals surface area contributed by atoms with Crippen LogP contribution in [0.25, 0.3) is 5.82 Å². The number of aldehydes is 1. The summed E-state index contributed by atoms with van der Waals surface area (Å²) in [6, 6.07) is 5.82. The normalized spacial score (nSPS) is 11.2. The van der Waals surface area contributed by atoms with E-state index in [1.807, 2.05) is 0 Å². The predicted octanol–water partition coefficient (Wildman–Crippen LogP) is 1.71. The third-order valence-corrected chi connectivity index (χ3v) is 3.78. The molecular formula is C18H13F3N4O5. The molecule has 0 aliphatic carbocycles. The van der Waals surface area contributed by atoms with E-state index >= 15 is 0 Å². The van der Waals surface area contributed by atoms with Crippen LogP contribution in [0, 0.1) is 0 Å². The molecule has 12 heteroatoms. The van der Waals surface area contributed by atoms with Crippen molar-refractivity contribution in [3.8, 4) is 23.2 Å². The summed E-state index contributed by atoms with van der Waals surface area (Å²) in [6.07, 6.45) is -1.63. The third-order valence-electron chi connectivity index (χ3n) is 3.78. The van der Waals surface area contributed by atoms with Gasteiger partial charge in [-0.1, -0.05) is 6.07 Å². The van der Waals surface area contributed by atoms with E-state index in [1.54, 1.807) is 0 Å². The van der Waals surface area contributed by atoms with E-state index in [0.29, 0.717) is 21.5 Å². The Balaban J connectivity index is 1.97. The summed E-state index contributed by atoms with van der Waals surface area (Å²) in [5.74, 6) is 0.142. The number of rotatable bonds is 6. The molecule has 0 saturated heterocycles. The first-order valence-corrected chi connectivity index (χ1v) is 8.28. The molecular weight excluding hydrogens is 409 g/mol. The number of nitrogens with zero attached hydrogens (tertiary/aromatic N) is 4. The van der Waals surface area contributed by atoms with Crippen molar-refractivity contribution >= 4 is 6.29 Å². The summed E-state index contributed by atoms with van der Waals surface area (Å²) in [5.41, 5.74) is -3.79. The van der Waals surface area contributed by atoms with Gasteiger partial charge in [-0.25, -0.2) is 9.36 Å². The van der Waals surface area contributed by atoms with Crippen LogP contribution in [0.1, 0.15) is 5.69 Å². The monoisotopic (exact) mass is 422 g/mol. The Kier molecular flexibility index (Phi) is 5.67. The minimum atomic E-state index is -4.87. The fraction of sp³-hybridized carbons (Fsp3) is 0.167. The van der Waals surface area contributed by atoms with Gasteiger partial charge in [0.1, 0.15) is 23.9 Å². The van der Waals surface area contributed by atoms with Crippen LogP contribution in [0.3, 0.4) is 0 Å². The molecule has 3 heterocycles. The molecule has 0 unspecified atom stereocenters. The Bertz CT molecular complexity index is 1200. The van der Waals surface area contributed by atoms with Gasteiger partial charge < -0.3 is 9.47 Å². The quantitative estimate of drug-likeness (QED) is 0.557. The van der Waals surface area contributed by atoms with Crippen molar-refractivity contribution in [1.29, 1.82) is 0 Å². The van der Waals surface area contributed by atoms with Crippen LogP contribution >= 0.6 is 0 Å². The number of carbonyl (C=O) groups excluding carboxylic acids is 1. The van der Waals surface area contributed by atoms with Crippen molar-refractivity contribution in [2.45, 2.75) is 6.18 Å². The summed E-state index contributed by atoms with van der Waals surface area (Å²) in [4.78, 5) is 42.8. The van der Waals surface area contributed by atoms with Crippen LogP contribution in [0.5, 0.6) is 17.4 Å². The van der Waals surface area contributed by atoms with Gasteiger partial charge in [-0.05, 0) is 6.07 Å². The van der Waals surface area contributed by atoms with Crippen LogP contribution in [0.2, 0.25) is 0 Å². The van der Waals surface area contributed by atoms with Gasteiger partial charge in [0.25, 0.3) is 5.56 Å². The number of ether oxygens (including phenoxy) is 2. The maximum absolute atomic E-state index is 13.0. The molecule has 0 fully saturated rings. The lowest BCUT2D eigenvalue weighted by atomic mass is 10.3. The second kappa shape index (κ2) is 8.19. The van der Waals surface area contributed by atoms with Gasteiger partial charge in [-0.15, -0.1) is 0 Å². The molecule has 30 heavy (non-hydrogen) atoms. The molecule has 3 aromatic rings. The van der Waals surface area contributed by atoms with Gasteiger partial charge in [0.15, 0.2) is 12.0 Å². The molecule has 0 bridgehead atoms. The minimum absolute atomic E-state index is 0.0595. The second-order valence-corrected chi connectivity index (χ2v) is 5.81. The Hall–Kier alpha value is -3.96. The van der Waals surface area contributed by atoms with Gasteiger partial charge in [-0.2, -0.15) is 18.2 Å². The maximum atomic E-state index is 13.0. The lowest BCUT2D eigenvalue weighted by molar-refractivity contribution is -0.144. The highest BCUT2D eigenvalue weighted by Gasteiger charge is 2.35. The standard InChI is InChI=1S/C18H13F3N4O5/c1-24-13(18(19,20)21)8-16(27)25(17(24)28)14-3-2-4-15(23-14)30-12-7-11(9-22-10-12)29-6-5-26/h2-5,7-10H,6H2,1H3. The number of carbonyl (C=O) groups is 1. The molecule has 0 radical (unpaired) electrons. The fourth-order valence-electron chi connectivity index (χ4n) is 2.48.